The van der Waals surface area contributed by atoms with Gasteiger partial charge in [-0.2, -0.15) is 9.57 Å². The lowest BCUT2D eigenvalue weighted by molar-refractivity contribution is 0.295. The Balaban J connectivity index is 2.21. The molecule has 1 saturated heterocycles. The summed E-state index contributed by atoms with van der Waals surface area (Å²) < 4.78 is 25.3. The van der Waals surface area contributed by atoms with Gasteiger partial charge in [0.05, 0.1) is 17.7 Å². The van der Waals surface area contributed by atoms with Gasteiger partial charge in [0, 0.05) is 12.6 Å². The van der Waals surface area contributed by atoms with E-state index in [1.54, 1.807) is 4.31 Å². The molecule has 0 aromatic heterocycles. The van der Waals surface area contributed by atoms with Gasteiger partial charge in [-0.25, -0.2) is 8.42 Å². The molecule has 1 saturated carbocycles. The Bertz CT molecular complexity index is 385. The SMILES string of the molecule is CC1CN(C2CCCC2C#N)S(=O)(=O)C1. The first-order chi connectivity index (χ1) is 7.04. The van der Waals surface area contributed by atoms with Crippen molar-refractivity contribution in [2.24, 2.45) is 11.8 Å². The van der Waals surface area contributed by atoms with E-state index in [4.69, 9.17) is 5.26 Å². The van der Waals surface area contributed by atoms with Gasteiger partial charge in [-0.15, -0.1) is 0 Å². The van der Waals surface area contributed by atoms with E-state index in [1.165, 1.54) is 0 Å². The molecule has 3 atom stereocenters. The van der Waals surface area contributed by atoms with Gasteiger partial charge < -0.3 is 0 Å². The van der Waals surface area contributed by atoms with Crippen LogP contribution < -0.4 is 0 Å². The van der Waals surface area contributed by atoms with Crippen molar-refractivity contribution in [3.63, 3.8) is 0 Å². The molecule has 0 bridgehead atoms. The molecule has 2 fully saturated rings. The summed E-state index contributed by atoms with van der Waals surface area (Å²) in [5.41, 5.74) is 0. The van der Waals surface area contributed by atoms with Crippen molar-refractivity contribution >= 4 is 10.0 Å². The molecule has 1 aliphatic heterocycles. The van der Waals surface area contributed by atoms with Crippen LogP contribution in [-0.4, -0.2) is 31.1 Å². The van der Waals surface area contributed by atoms with Gasteiger partial charge in [-0.05, 0) is 18.8 Å². The van der Waals surface area contributed by atoms with Crippen LogP contribution in [0.15, 0.2) is 0 Å². The third-order valence-corrected chi connectivity index (χ3v) is 5.48. The minimum Gasteiger partial charge on any atom is -0.212 e. The molecule has 0 aromatic carbocycles. The largest absolute Gasteiger partial charge is 0.214 e. The molecule has 15 heavy (non-hydrogen) atoms. The maximum Gasteiger partial charge on any atom is 0.214 e. The van der Waals surface area contributed by atoms with Crippen LogP contribution in [0.2, 0.25) is 0 Å². The molecule has 5 heteroatoms. The van der Waals surface area contributed by atoms with Gasteiger partial charge in [0.15, 0.2) is 0 Å². The van der Waals surface area contributed by atoms with Gasteiger partial charge in [0.1, 0.15) is 0 Å². The average Bonchev–Trinajstić information content (AvgIpc) is 2.68. The maximum atomic E-state index is 11.8. The molecule has 0 N–H and O–H groups in total. The van der Waals surface area contributed by atoms with Crippen LogP contribution in [0.3, 0.4) is 0 Å². The summed E-state index contributed by atoms with van der Waals surface area (Å²) >= 11 is 0. The predicted molar refractivity (Wildman–Crippen MR) is 56.4 cm³/mol. The van der Waals surface area contributed by atoms with Crippen molar-refractivity contribution in [3.05, 3.63) is 0 Å². The molecule has 3 unspecified atom stereocenters. The Morgan fingerprint density at radius 2 is 2.13 bits per heavy atom. The Hall–Kier alpha value is -0.600. The van der Waals surface area contributed by atoms with Crippen molar-refractivity contribution in [2.45, 2.75) is 32.2 Å². The zero-order valence-electron chi connectivity index (χ0n) is 8.89. The Kier molecular flexibility index (Phi) is 2.73. The minimum atomic E-state index is -3.08. The van der Waals surface area contributed by atoms with Crippen molar-refractivity contribution in [2.75, 3.05) is 12.3 Å². The summed E-state index contributed by atoms with van der Waals surface area (Å²) in [5.74, 6) is 0.363. The predicted octanol–water partition coefficient (Wildman–Crippen LogP) is 0.960. The van der Waals surface area contributed by atoms with Crippen LogP contribution in [0.4, 0.5) is 0 Å². The summed E-state index contributed by atoms with van der Waals surface area (Å²) in [6.45, 7) is 2.55. The summed E-state index contributed by atoms with van der Waals surface area (Å²) in [6.07, 6.45) is 2.68. The van der Waals surface area contributed by atoms with Gasteiger partial charge in [-0.3, -0.25) is 0 Å². The Morgan fingerprint density at radius 3 is 2.67 bits per heavy atom. The molecule has 0 aromatic rings. The van der Waals surface area contributed by atoms with E-state index in [9.17, 15) is 8.42 Å². The van der Waals surface area contributed by atoms with Gasteiger partial charge in [-0.1, -0.05) is 13.3 Å². The van der Waals surface area contributed by atoms with E-state index < -0.39 is 10.0 Å². The summed E-state index contributed by atoms with van der Waals surface area (Å²) in [5, 5.41) is 8.96. The van der Waals surface area contributed by atoms with E-state index in [-0.39, 0.29) is 23.6 Å². The van der Waals surface area contributed by atoms with Crippen molar-refractivity contribution < 1.29 is 8.42 Å². The summed E-state index contributed by atoms with van der Waals surface area (Å²) in [6, 6.07) is 2.19. The first-order valence-electron chi connectivity index (χ1n) is 5.43. The molecular weight excluding hydrogens is 212 g/mol. The second-order valence-electron chi connectivity index (χ2n) is 4.69. The monoisotopic (exact) mass is 228 g/mol. The van der Waals surface area contributed by atoms with Crippen molar-refractivity contribution in [1.29, 1.82) is 5.26 Å². The van der Waals surface area contributed by atoms with Crippen molar-refractivity contribution in [1.82, 2.24) is 4.31 Å². The van der Waals surface area contributed by atoms with Crippen LogP contribution in [0.5, 0.6) is 0 Å². The minimum absolute atomic E-state index is 0.0510. The molecule has 2 aliphatic rings. The summed E-state index contributed by atoms with van der Waals surface area (Å²) in [7, 11) is -3.08. The number of nitriles is 1. The fourth-order valence-electron chi connectivity index (χ4n) is 2.71. The van der Waals surface area contributed by atoms with E-state index in [2.05, 4.69) is 6.07 Å². The zero-order valence-corrected chi connectivity index (χ0v) is 9.70. The van der Waals surface area contributed by atoms with E-state index in [0.717, 1.165) is 19.3 Å². The van der Waals surface area contributed by atoms with Crippen LogP contribution in [0, 0.1) is 23.2 Å². The highest BCUT2D eigenvalue weighted by Gasteiger charge is 2.43. The topological polar surface area (TPSA) is 61.2 Å². The van der Waals surface area contributed by atoms with Crippen LogP contribution in [-0.2, 0) is 10.0 Å². The van der Waals surface area contributed by atoms with Crippen LogP contribution in [0.1, 0.15) is 26.2 Å². The van der Waals surface area contributed by atoms with Gasteiger partial charge in [0.25, 0.3) is 0 Å². The van der Waals surface area contributed by atoms with E-state index >= 15 is 0 Å². The third-order valence-electron chi connectivity index (χ3n) is 3.36. The van der Waals surface area contributed by atoms with E-state index in [1.807, 2.05) is 6.92 Å². The number of sulfonamides is 1. The van der Waals surface area contributed by atoms with Gasteiger partial charge >= 0.3 is 0 Å². The van der Waals surface area contributed by atoms with Crippen molar-refractivity contribution in [3.8, 4) is 6.07 Å². The van der Waals surface area contributed by atoms with Crippen LogP contribution in [0.25, 0.3) is 0 Å². The standard InChI is InChI=1S/C10H16N2O2S/c1-8-6-12(15(13,14)7-8)10-4-2-3-9(10)5-11/h8-10H,2-4,6-7H2,1H3. The maximum absolute atomic E-state index is 11.8. The molecule has 1 aliphatic carbocycles. The molecule has 0 spiro atoms. The lowest BCUT2D eigenvalue weighted by Crippen LogP contribution is -2.38. The highest BCUT2D eigenvalue weighted by atomic mass is 32.2. The Labute approximate surface area is 90.9 Å². The first kappa shape index (κ1) is 10.9. The number of hydrogen-bond donors (Lipinski definition) is 0. The first-order valence-corrected chi connectivity index (χ1v) is 7.04. The molecule has 2 rings (SSSR count). The highest BCUT2D eigenvalue weighted by Crippen LogP contribution is 2.34. The highest BCUT2D eigenvalue weighted by molar-refractivity contribution is 7.89. The fraction of sp³-hybridized carbons (Fsp3) is 0.900. The number of nitrogens with zero attached hydrogens (tertiary/aromatic N) is 2. The van der Waals surface area contributed by atoms with Crippen LogP contribution >= 0.6 is 0 Å². The average molecular weight is 228 g/mol. The molecular formula is C10H16N2O2S. The smallest absolute Gasteiger partial charge is 0.212 e. The number of hydrogen-bond acceptors (Lipinski definition) is 3. The fourth-order valence-corrected chi connectivity index (χ4v) is 4.87. The summed E-state index contributed by atoms with van der Waals surface area (Å²) in [4.78, 5) is 0. The zero-order chi connectivity index (χ0) is 11.1. The molecule has 4 nitrogen and oxygen atoms in total. The molecule has 0 amide bonds. The van der Waals surface area contributed by atoms with Gasteiger partial charge in [0.2, 0.25) is 10.0 Å². The second kappa shape index (κ2) is 3.76. The molecule has 1 heterocycles. The quantitative estimate of drug-likeness (QED) is 0.671. The molecule has 0 radical (unpaired) electrons. The second-order valence-corrected chi connectivity index (χ2v) is 6.65. The lowest BCUT2D eigenvalue weighted by Gasteiger charge is -2.24. The normalized spacial score (nSPS) is 40.4. The third kappa shape index (κ3) is 1.88. The molecule has 84 valence electrons. The lowest BCUT2D eigenvalue weighted by atomic mass is 10.1. The number of rotatable bonds is 1. The Morgan fingerprint density at radius 1 is 1.40 bits per heavy atom. The van der Waals surface area contributed by atoms with E-state index in [0.29, 0.717) is 6.54 Å².